The summed E-state index contributed by atoms with van der Waals surface area (Å²) in [5.41, 5.74) is 0. The molecule has 2 aliphatic rings. The molecule has 1 aromatic rings. The fraction of sp³-hybridized carbons (Fsp3) is 0.667. The molecule has 3 atom stereocenters. The molecule has 10 heteroatoms. The lowest BCUT2D eigenvalue weighted by atomic mass is 9.99. The number of halogens is 3. The molecule has 7 nitrogen and oxygen atoms in total. The van der Waals surface area contributed by atoms with Crippen LogP contribution in [0.4, 0.5) is 13.2 Å². The molecule has 2 saturated heterocycles. The highest BCUT2D eigenvalue weighted by atomic mass is 19.4. The third-order valence-electron chi connectivity index (χ3n) is 4.42. The van der Waals surface area contributed by atoms with Crippen molar-refractivity contribution in [1.82, 2.24) is 10.2 Å². The van der Waals surface area contributed by atoms with Crippen molar-refractivity contribution in [3.63, 3.8) is 0 Å². The zero-order chi connectivity index (χ0) is 21.1. The molecule has 2 fully saturated rings. The zero-order valence-corrected chi connectivity index (χ0v) is 16.0. The third kappa shape index (κ3) is 6.23. The molecule has 2 N–H and O–H groups in total. The lowest BCUT2D eigenvalue weighted by Gasteiger charge is -2.32. The SMILES string of the molecule is Cc1ccc(CN2C[C@H]3C[C@H](C(=O)NC(C)C)[C@@H](C2)O3)o1.O=C(O)C(F)(F)F. The maximum absolute atomic E-state index is 12.2. The van der Waals surface area contributed by atoms with E-state index in [1.807, 2.05) is 32.9 Å². The first-order valence-electron chi connectivity index (χ1n) is 8.99. The van der Waals surface area contributed by atoms with Gasteiger partial charge < -0.3 is 19.6 Å². The Hall–Kier alpha value is -2.07. The minimum absolute atomic E-state index is 0.0126. The zero-order valence-electron chi connectivity index (χ0n) is 16.0. The van der Waals surface area contributed by atoms with Crippen LogP contribution in [0.25, 0.3) is 0 Å². The predicted octanol–water partition coefficient (Wildman–Crippen LogP) is 2.34. The van der Waals surface area contributed by atoms with Crippen molar-refractivity contribution in [3.8, 4) is 0 Å². The van der Waals surface area contributed by atoms with E-state index in [-0.39, 0.29) is 30.1 Å². The molecule has 0 spiro atoms. The lowest BCUT2D eigenvalue weighted by molar-refractivity contribution is -0.192. The molecule has 3 heterocycles. The number of carboxylic acid groups (broad SMARTS) is 1. The van der Waals surface area contributed by atoms with E-state index in [1.165, 1.54) is 0 Å². The first kappa shape index (κ1) is 22.2. The Bertz CT molecular complexity index is 689. The maximum Gasteiger partial charge on any atom is 0.490 e. The van der Waals surface area contributed by atoms with Crippen molar-refractivity contribution in [1.29, 1.82) is 0 Å². The molecule has 0 aliphatic carbocycles. The molecule has 1 aromatic heterocycles. The van der Waals surface area contributed by atoms with E-state index in [9.17, 15) is 18.0 Å². The smallest absolute Gasteiger partial charge is 0.475 e. The first-order chi connectivity index (χ1) is 13.0. The summed E-state index contributed by atoms with van der Waals surface area (Å²) in [6.07, 6.45) is -4.07. The summed E-state index contributed by atoms with van der Waals surface area (Å²) in [5.74, 6) is -0.714. The standard InChI is InChI=1S/C16H24N2O3.C2HF3O2/c1-10(2)17-16(19)14-6-13-8-18(9-15(14)21-13)7-12-5-4-11(3)20-12;3-2(4,5)1(6)7/h4-5,10,13-15H,6-9H2,1-3H3,(H,17,19);(H,6,7)/t13-,14+,15-;/m1./s1. The largest absolute Gasteiger partial charge is 0.490 e. The number of amides is 1. The van der Waals surface area contributed by atoms with Crippen molar-refractivity contribution >= 4 is 11.9 Å². The Morgan fingerprint density at radius 3 is 2.46 bits per heavy atom. The van der Waals surface area contributed by atoms with Crippen LogP contribution < -0.4 is 5.32 Å². The summed E-state index contributed by atoms with van der Waals surface area (Å²) in [7, 11) is 0. The Morgan fingerprint density at radius 1 is 1.32 bits per heavy atom. The number of carbonyl (C=O) groups is 2. The van der Waals surface area contributed by atoms with Gasteiger partial charge >= 0.3 is 12.1 Å². The van der Waals surface area contributed by atoms with Crippen LogP contribution in [0.2, 0.25) is 0 Å². The van der Waals surface area contributed by atoms with Gasteiger partial charge in [-0.2, -0.15) is 13.2 Å². The van der Waals surface area contributed by atoms with Crippen molar-refractivity contribution in [2.45, 2.75) is 58.2 Å². The number of rotatable bonds is 4. The van der Waals surface area contributed by atoms with Crippen LogP contribution in [-0.4, -0.2) is 59.4 Å². The fourth-order valence-electron chi connectivity index (χ4n) is 3.32. The number of alkyl halides is 3. The number of carboxylic acids is 1. The minimum Gasteiger partial charge on any atom is -0.475 e. The van der Waals surface area contributed by atoms with Gasteiger partial charge in [0.1, 0.15) is 11.5 Å². The summed E-state index contributed by atoms with van der Waals surface area (Å²) in [4.78, 5) is 23.5. The Kier molecular flexibility index (Phi) is 7.11. The van der Waals surface area contributed by atoms with E-state index < -0.39 is 12.1 Å². The number of nitrogens with zero attached hydrogens (tertiary/aromatic N) is 1. The summed E-state index contributed by atoms with van der Waals surface area (Å²) in [6.45, 7) is 8.41. The van der Waals surface area contributed by atoms with Gasteiger partial charge in [-0.25, -0.2) is 4.79 Å². The van der Waals surface area contributed by atoms with Gasteiger partial charge in [0.25, 0.3) is 0 Å². The van der Waals surface area contributed by atoms with Crippen LogP contribution in [0.15, 0.2) is 16.5 Å². The summed E-state index contributed by atoms with van der Waals surface area (Å²) in [5, 5.41) is 10.1. The number of aliphatic carboxylic acids is 1. The number of carbonyl (C=O) groups excluding carboxylic acids is 1. The number of ether oxygens (including phenoxy) is 1. The van der Waals surface area contributed by atoms with E-state index in [2.05, 4.69) is 10.2 Å². The maximum atomic E-state index is 12.2. The van der Waals surface area contributed by atoms with Gasteiger partial charge in [0.15, 0.2) is 0 Å². The van der Waals surface area contributed by atoms with E-state index >= 15 is 0 Å². The molecule has 2 aliphatic heterocycles. The van der Waals surface area contributed by atoms with Gasteiger partial charge in [-0.3, -0.25) is 9.69 Å². The van der Waals surface area contributed by atoms with Gasteiger partial charge in [-0.15, -0.1) is 0 Å². The van der Waals surface area contributed by atoms with E-state index in [1.54, 1.807) is 0 Å². The highest BCUT2D eigenvalue weighted by molar-refractivity contribution is 5.80. The summed E-state index contributed by atoms with van der Waals surface area (Å²) in [6, 6.07) is 4.19. The fourth-order valence-corrected chi connectivity index (χ4v) is 3.32. The second-order valence-corrected chi connectivity index (χ2v) is 7.31. The number of likely N-dealkylation sites (tertiary alicyclic amines) is 1. The minimum atomic E-state index is -5.08. The molecule has 0 saturated carbocycles. The average Bonchev–Trinajstić information content (AvgIpc) is 3.09. The molecule has 3 rings (SSSR count). The molecule has 2 bridgehead atoms. The van der Waals surface area contributed by atoms with Gasteiger partial charge in [0, 0.05) is 19.1 Å². The van der Waals surface area contributed by atoms with Crippen molar-refractivity contribution < 1.29 is 37.0 Å². The van der Waals surface area contributed by atoms with Crippen LogP contribution in [0.3, 0.4) is 0 Å². The number of aryl methyl sites for hydroxylation is 1. The molecule has 1 amide bonds. The van der Waals surface area contributed by atoms with Crippen LogP contribution in [-0.2, 0) is 20.9 Å². The monoisotopic (exact) mass is 406 g/mol. The second-order valence-electron chi connectivity index (χ2n) is 7.31. The summed E-state index contributed by atoms with van der Waals surface area (Å²) < 4.78 is 43.3. The number of hydrogen-bond donors (Lipinski definition) is 2. The van der Waals surface area contributed by atoms with Crippen molar-refractivity contribution in [3.05, 3.63) is 23.7 Å². The number of furan rings is 1. The molecular formula is C18H25F3N2O5. The van der Waals surface area contributed by atoms with E-state index in [0.29, 0.717) is 0 Å². The highest BCUT2D eigenvalue weighted by Crippen LogP contribution is 2.32. The molecule has 0 aromatic carbocycles. The van der Waals surface area contributed by atoms with E-state index in [4.69, 9.17) is 19.1 Å². The summed E-state index contributed by atoms with van der Waals surface area (Å²) >= 11 is 0. The van der Waals surface area contributed by atoms with Crippen LogP contribution in [0.1, 0.15) is 31.8 Å². The van der Waals surface area contributed by atoms with E-state index in [0.717, 1.165) is 37.6 Å². The van der Waals surface area contributed by atoms with Crippen LogP contribution in [0.5, 0.6) is 0 Å². The number of fused-ring (bicyclic) bond motifs is 2. The van der Waals surface area contributed by atoms with Crippen molar-refractivity contribution in [2.75, 3.05) is 13.1 Å². The van der Waals surface area contributed by atoms with Crippen molar-refractivity contribution in [2.24, 2.45) is 5.92 Å². The van der Waals surface area contributed by atoms with Gasteiger partial charge in [0.2, 0.25) is 5.91 Å². The highest BCUT2D eigenvalue weighted by Gasteiger charge is 2.44. The predicted molar refractivity (Wildman–Crippen MR) is 92.5 cm³/mol. The molecular weight excluding hydrogens is 381 g/mol. The molecule has 0 radical (unpaired) electrons. The van der Waals surface area contributed by atoms with Gasteiger partial charge in [0.05, 0.1) is 24.7 Å². The molecule has 0 unspecified atom stereocenters. The second kappa shape index (κ2) is 8.95. The van der Waals surface area contributed by atoms with Crippen LogP contribution in [0, 0.1) is 12.8 Å². The Labute approximate surface area is 160 Å². The number of morpholine rings is 1. The lowest BCUT2D eigenvalue weighted by Crippen LogP contribution is -2.45. The Morgan fingerprint density at radius 2 is 1.96 bits per heavy atom. The quantitative estimate of drug-likeness (QED) is 0.798. The van der Waals surface area contributed by atoms with Gasteiger partial charge in [-0.1, -0.05) is 0 Å². The first-order valence-corrected chi connectivity index (χ1v) is 8.99. The van der Waals surface area contributed by atoms with Crippen LogP contribution >= 0.6 is 0 Å². The number of hydrogen-bond acceptors (Lipinski definition) is 5. The molecule has 158 valence electrons. The normalized spacial score (nSPS) is 24.6. The average molecular weight is 406 g/mol. The topological polar surface area (TPSA) is 92.0 Å². The van der Waals surface area contributed by atoms with Gasteiger partial charge in [-0.05, 0) is 39.3 Å². The number of nitrogens with one attached hydrogen (secondary N) is 1. The third-order valence-corrected chi connectivity index (χ3v) is 4.42. The molecule has 28 heavy (non-hydrogen) atoms. The Balaban J connectivity index is 0.000000345.